The third-order valence-electron chi connectivity index (χ3n) is 4.25. The molecule has 6 heteroatoms. The van der Waals surface area contributed by atoms with Gasteiger partial charge in [-0.05, 0) is 30.2 Å². The lowest BCUT2D eigenvalue weighted by molar-refractivity contribution is 0.102. The lowest BCUT2D eigenvalue weighted by Gasteiger charge is -2.10. The minimum atomic E-state index is -0.893. The summed E-state index contributed by atoms with van der Waals surface area (Å²) in [6.07, 6.45) is 2.24. The van der Waals surface area contributed by atoms with Crippen LogP contribution in [0.25, 0.3) is 10.9 Å². The first-order valence-electron chi connectivity index (χ1n) is 7.46. The van der Waals surface area contributed by atoms with E-state index in [-0.39, 0.29) is 5.56 Å². The van der Waals surface area contributed by atoms with Gasteiger partial charge in [-0.15, -0.1) is 0 Å². The third-order valence-corrected chi connectivity index (χ3v) is 4.25. The Morgan fingerprint density at radius 2 is 1.79 bits per heavy atom. The van der Waals surface area contributed by atoms with Gasteiger partial charge in [0.25, 0.3) is 5.91 Å². The molecule has 0 spiro atoms. The quantitative estimate of drug-likeness (QED) is 0.787. The highest BCUT2D eigenvalue weighted by molar-refractivity contribution is 6.06. The average Bonchev–Trinajstić information content (AvgIpc) is 2.98. The number of carbonyl (C=O) groups is 1. The van der Waals surface area contributed by atoms with Crippen LogP contribution in [-0.4, -0.2) is 10.5 Å². The SMILES string of the molecule is O=C(Nc1c(F)cccc1F)c1cn2c3c(cccc3c1=O)CC2. The molecule has 0 radical (unpaired) electrons. The van der Waals surface area contributed by atoms with Crippen molar-refractivity contribution in [1.82, 2.24) is 4.57 Å². The van der Waals surface area contributed by atoms with Crippen LogP contribution in [0.15, 0.2) is 47.4 Å². The number of anilines is 1. The van der Waals surface area contributed by atoms with E-state index in [0.717, 1.165) is 29.6 Å². The molecule has 2 heterocycles. The van der Waals surface area contributed by atoms with E-state index in [1.165, 1.54) is 12.3 Å². The maximum absolute atomic E-state index is 13.7. The number of rotatable bonds is 2. The summed E-state index contributed by atoms with van der Waals surface area (Å²) in [5.74, 6) is -2.61. The molecule has 2 aromatic carbocycles. The van der Waals surface area contributed by atoms with Crippen molar-refractivity contribution in [3.8, 4) is 0 Å². The van der Waals surface area contributed by atoms with Crippen LogP contribution in [0.5, 0.6) is 0 Å². The van der Waals surface area contributed by atoms with Crippen LogP contribution in [0.4, 0.5) is 14.5 Å². The molecule has 24 heavy (non-hydrogen) atoms. The number of nitrogens with one attached hydrogen (secondary N) is 1. The van der Waals surface area contributed by atoms with Gasteiger partial charge in [0.15, 0.2) is 0 Å². The van der Waals surface area contributed by atoms with Crippen LogP contribution in [0, 0.1) is 11.6 Å². The van der Waals surface area contributed by atoms with Gasteiger partial charge >= 0.3 is 0 Å². The van der Waals surface area contributed by atoms with Crippen molar-refractivity contribution in [2.45, 2.75) is 13.0 Å². The van der Waals surface area contributed by atoms with E-state index in [2.05, 4.69) is 5.32 Å². The molecule has 1 aliphatic heterocycles. The molecule has 3 aromatic rings. The van der Waals surface area contributed by atoms with Gasteiger partial charge in [0, 0.05) is 18.1 Å². The molecular formula is C18H12F2N2O2. The molecule has 0 saturated heterocycles. The third kappa shape index (κ3) is 2.11. The maximum Gasteiger partial charge on any atom is 0.261 e. The standard InChI is InChI=1S/C18H12F2N2O2/c19-13-5-2-6-14(20)15(13)21-18(24)12-9-22-8-7-10-3-1-4-11(16(10)22)17(12)23/h1-6,9H,7-8H2,(H,21,24). The summed E-state index contributed by atoms with van der Waals surface area (Å²) >= 11 is 0. The van der Waals surface area contributed by atoms with Crippen LogP contribution < -0.4 is 10.7 Å². The van der Waals surface area contributed by atoms with E-state index < -0.39 is 28.7 Å². The summed E-state index contributed by atoms with van der Waals surface area (Å²) in [5.41, 5.74) is 0.730. The van der Waals surface area contributed by atoms with Gasteiger partial charge in [-0.3, -0.25) is 9.59 Å². The molecule has 1 amide bonds. The number of hydrogen-bond acceptors (Lipinski definition) is 2. The normalized spacial score (nSPS) is 12.6. The van der Waals surface area contributed by atoms with Crippen molar-refractivity contribution in [3.05, 3.63) is 75.6 Å². The molecular weight excluding hydrogens is 314 g/mol. The second kappa shape index (κ2) is 5.26. The highest BCUT2D eigenvalue weighted by Gasteiger charge is 2.21. The number of aryl methyl sites for hydroxylation is 2. The molecule has 1 aromatic heterocycles. The molecule has 1 aliphatic rings. The number of nitrogens with zero attached hydrogens (tertiary/aromatic N) is 1. The predicted molar refractivity (Wildman–Crippen MR) is 86.2 cm³/mol. The largest absolute Gasteiger partial charge is 0.346 e. The zero-order chi connectivity index (χ0) is 16.8. The fourth-order valence-corrected chi connectivity index (χ4v) is 3.12. The van der Waals surface area contributed by atoms with Crippen LogP contribution >= 0.6 is 0 Å². The van der Waals surface area contributed by atoms with Gasteiger partial charge in [-0.2, -0.15) is 0 Å². The van der Waals surface area contributed by atoms with Crippen molar-refractivity contribution in [2.24, 2.45) is 0 Å². The highest BCUT2D eigenvalue weighted by Crippen LogP contribution is 2.24. The monoisotopic (exact) mass is 326 g/mol. The van der Waals surface area contributed by atoms with Crippen LogP contribution in [0.1, 0.15) is 15.9 Å². The summed E-state index contributed by atoms with van der Waals surface area (Å²) in [4.78, 5) is 25.0. The van der Waals surface area contributed by atoms with Gasteiger partial charge in [-0.1, -0.05) is 18.2 Å². The van der Waals surface area contributed by atoms with Crippen molar-refractivity contribution in [3.63, 3.8) is 0 Å². The molecule has 0 atom stereocenters. The molecule has 4 rings (SSSR count). The van der Waals surface area contributed by atoms with Crippen molar-refractivity contribution < 1.29 is 13.6 Å². The molecule has 4 nitrogen and oxygen atoms in total. The van der Waals surface area contributed by atoms with Crippen LogP contribution in [0.2, 0.25) is 0 Å². The van der Waals surface area contributed by atoms with E-state index in [1.807, 2.05) is 10.6 Å². The molecule has 0 bridgehead atoms. The molecule has 120 valence electrons. The van der Waals surface area contributed by atoms with Crippen molar-refractivity contribution >= 4 is 22.5 Å². The molecule has 0 saturated carbocycles. The fourth-order valence-electron chi connectivity index (χ4n) is 3.12. The highest BCUT2D eigenvalue weighted by atomic mass is 19.1. The van der Waals surface area contributed by atoms with Crippen molar-refractivity contribution in [1.29, 1.82) is 0 Å². The Balaban J connectivity index is 1.82. The Bertz CT molecular complexity index is 1040. The Kier molecular flexibility index (Phi) is 3.19. The number of para-hydroxylation sites is 2. The number of hydrogen-bond donors (Lipinski definition) is 1. The Morgan fingerprint density at radius 1 is 1.08 bits per heavy atom. The number of amides is 1. The molecule has 1 N–H and O–H groups in total. The Morgan fingerprint density at radius 3 is 2.54 bits per heavy atom. The zero-order valence-corrected chi connectivity index (χ0v) is 12.5. The second-order valence-electron chi connectivity index (χ2n) is 5.68. The number of carbonyl (C=O) groups excluding carboxylic acids is 1. The predicted octanol–water partition coefficient (Wildman–Crippen LogP) is 3.09. The van der Waals surface area contributed by atoms with E-state index in [4.69, 9.17) is 0 Å². The van der Waals surface area contributed by atoms with E-state index in [1.54, 1.807) is 12.1 Å². The Hall–Kier alpha value is -3.02. The van der Waals surface area contributed by atoms with E-state index in [9.17, 15) is 18.4 Å². The first-order valence-corrected chi connectivity index (χ1v) is 7.46. The first-order chi connectivity index (χ1) is 11.6. The lowest BCUT2D eigenvalue weighted by Crippen LogP contribution is -2.24. The van der Waals surface area contributed by atoms with Gasteiger partial charge in [0.2, 0.25) is 5.43 Å². The minimum absolute atomic E-state index is 0.135. The van der Waals surface area contributed by atoms with Crippen molar-refractivity contribution in [2.75, 3.05) is 5.32 Å². The summed E-state index contributed by atoms with van der Waals surface area (Å²) in [5, 5.41) is 2.60. The first kappa shape index (κ1) is 14.6. The minimum Gasteiger partial charge on any atom is -0.346 e. The Labute approximate surface area is 135 Å². The molecule has 0 unspecified atom stereocenters. The van der Waals surface area contributed by atoms with Crippen LogP contribution in [-0.2, 0) is 13.0 Å². The smallest absolute Gasteiger partial charge is 0.261 e. The van der Waals surface area contributed by atoms with Gasteiger partial charge in [0.1, 0.15) is 22.9 Å². The number of benzene rings is 2. The lowest BCUT2D eigenvalue weighted by atomic mass is 10.1. The topological polar surface area (TPSA) is 51.1 Å². The van der Waals surface area contributed by atoms with Crippen LogP contribution in [0.3, 0.4) is 0 Å². The zero-order valence-electron chi connectivity index (χ0n) is 12.5. The summed E-state index contributed by atoms with van der Waals surface area (Å²) in [6, 6.07) is 8.65. The average molecular weight is 326 g/mol. The summed E-state index contributed by atoms with van der Waals surface area (Å²) < 4.78 is 29.2. The second-order valence-corrected chi connectivity index (χ2v) is 5.68. The summed E-state index contributed by atoms with van der Waals surface area (Å²) in [7, 11) is 0. The number of halogens is 2. The molecule has 0 aliphatic carbocycles. The maximum atomic E-state index is 13.7. The van der Waals surface area contributed by atoms with E-state index >= 15 is 0 Å². The number of pyridine rings is 1. The van der Waals surface area contributed by atoms with Gasteiger partial charge in [0.05, 0.1) is 5.52 Å². The fraction of sp³-hybridized carbons (Fsp3) is 0.111. The van der Waals surface area contributed by atoms with E-state index in [0.29, 0.717) is 11.9 Å². The van der Waals surface area contributed by atoms with Gasteiger partial charge < -0.3 is 9.88 Å². The van der Waals surface area contributed by atoms with Gasteiger partial charge in [-0.25, -0.2) is 8.78 Å². The molecule has 0 fully saturated rings. The number of aromatic nitrogens is 1. The summed E-state index contributed by atoms with van der Waals surface area (Å²) in [6.45, 7) is 0.657.